The number of esters is 2. The number of carboxylic acids is 1. The van der Waals surface area contributed by atoms with E-state index in [0.29, 0.717) is 19.3 Å². The van der Waals surface area contributed by atoms with Crippen molar-refractivity contribution >= 4 is 17.9 Å². The van der Waals surface area contributed by atoms with Crippen LogP contribution in [0.1, 0.15) is 187 Å². The van der Waals surface area contributed by atoms with E-state index in [4.69, 9.17) is 14.2 Å². The Kier molecular flexibility index (Phi) is 38.7. The molecular formula is C50H88NO7+. The fourth-order valence-corrected chi connectivity index (χ4v) is 6.59. The molecule has 58 heavy (non-hydrogen) atoms. The van der Waals surface area contributed by atoms with Crippen LogP contribution in [0.4, 0.5) is 0 Å². The lowest BCUT2D eigenvalue weighted by Crippen LogP contribution is -2.50. The van der Waals surface area contributed by atoms with E-state index in [-0.39, 0.29) is 36.2 Å². The van der Waals surface area contributed by atoms with Gasteiger partial charge in [0.1, 0.15) is 6.61 Å². The molecule has 0 rings (SSSR count). The molecule has 0 saturated carbocycles. The monoisotopic (exact) mass is 815 g/mol. The molecule has 0 spiro atoms. The first kappa shape index (κ1) is 55.0. The Hall–Kier alpha value is -2.97. The molecule has 0 aromatic heterocycles. The number of nitrogens with zero attached hydrogens (tertiary/aromatic N) is 1. The van der Waals surface area contributed by atoms with Gasteiger partial charge in [0.25, 0.3) is 0 Å². The SMILES string of the molecule is CC/C=C/C/C=C/C/C=C/C/C=C/C/C=C/CCCCCCC(=O)OC(COCCC(C(=O)O)[N+](C)(C)C)COC(=O)CCCCCCCCCCCCCCCC. The van der Waals surface area contributed by atoms with E-state index in [1.165, 1.54) is 70.6 Å². The van der Waals surface area contributed by atoms with Gasteiger partial charge in [0.05, 0.1) is 34.4 Å². The third-order valence-corrected chi connectivity index (χ3v) is 10.2. The fourth-order valence-electron chi connectivity index (χ4n) is 6.59. The average Bonchev–Trinajstić information content (AvgIpc) is 3.18. The molecule has 0 fully saturated rings. The summed E-state index contributed by atoms with van der Waals surface area (Å²) in [4.78, 5) is 37.0. The van der Waals surface area contributed by atoms with E-state index in [9.17, 15) is 19.5 Å². The van der Waals surface area contributed by atoms with Crippen LogP contribution in [0, 0.1) is 0 Å². The zero-order chi connectivity index (χ0) is 42.8. The number of rotatable bonds is 41. The van der Waals surface area contributed by atoms with Gasteiger partial charge in [-0.05, 0) is 57.8 Å². The third kappa shape index (κ3) is 38.5. The quantitative estimate of drug-likeness (QED) is 0.0284. The lowest BCUT2D eigenvalue weighted by Gasteiger charge is -2.31. The standard InChI is InChI=1S/C50H87NO7/c1-6-8-10-12-14-16-18-20-22-23-24-25-26-27-29-31-33-35-37-39-41-49(53)58-46(44-56-43-42-47(50(54)55)51(3,4)5)45-57-48(52)40-38-36-34-32-30-28-21-19-17-15-13-11-9-7-2/h8,10,14,16,20,22,24-25,27,29,46-47H,6-7,9,11-13,15,17-19,21,23,26,28,30-45H2,1-5H3/p+1/b10-8+,16-14+,22-20+,25-24+,29-27+. The second kappa shape index (κ2) is 40.8. The number of carbonyl (C=O) groups excluding carboxylic acids is 2. The number of quaternary nitrogens is 1. The van der Waals surface area contributed by atoms with Crippen molar-refractivity contribution in [3.05, 3.63) is 60.8 Å². The number of ether oxygens (including phenoxy) is 3. The summed E-state index contributed by atoms with van der Waals surface area (Å²) < 4.78 is 17.3. The highest BCUT2D eigenvalue weighted by molar-refractivity contribution is 5.72. The first-order valence-corrected chi connectivity index (χ1v) is 23.3. The van der Waals surface area contributed by atoms with Gasteiger partial charge in [-0.2, -0.15) is 0 Å². The molecule has 1 N–H and O–H groups in total. The molecule has 0 radical (unpaired) electrons. The number of likely N-dealkylation sites (N-methyl/N-ethyl adjacent to an activating group) is 1. The predicted octanol–water partition coefficient (Wildman–Crippen LogP) is 13.0. The van der Waals surface area contributed by atoms with Gasteiger partial charge in [-0.15, -0.1) is 0 Å². The molecule has 0 saturated heterocycles. The largest absolute Gasteiger partial charge is 0.477 e. The number of hydrogen-bond donors (Lipinski definition) is 1. The van der Waals surface area contributed by atoms with Gasteiger partial charge < -0.3 is 23.8 Å². The van der Waals surface area contributed by atoms with E-state index in [0.717, 1.165) is 83.5 Å². The Morgan fingerprint density at radius 3 is 1.43 bits per heavy atom. The smallest absolute Gasteiger partial charge is 0.362 e. The average molecular weight is 815 g/mol. The Labute approximate surface area is 356 Å². The molecule has 0 aliphatic heterocycles. The van der Waals surface area contributed by atoms with Gasteiger partial charge >= 0.3 is 17.9 Å². The van der Waals surface area contributed by atoms with Gasteiger partial charge in [0.15, 0.2) is 12.1 Å². The summed E-state index contributed by atoms with van der Waals surface area (Å²) in [7, 11) is 5.52. The fraction of sp³-hybridized carbons (Fsp3) is 0.740. The minimum Gasteiger partial charge on any atom is -0.477 e. The maximum atomic E-state index is 12.7. The molecule has 0 aromatic rings. The highest BCUT2D eigenvalue weighted by atomic mass is 16.6. The van der Waals surface area contributed by atoms with Crippen LogP contribution < -0.4 is 0 Å². The van der Waals surface area contributed by atoms with Crippen molar-refractivity contribution in [2.45, 2.75) is 199 Å². The van der Waals surface area contributed by atoms with Crippen molar-refractivity contribution in [1.82, 2.24) is 0 Å². The maximum Gasteiger partial charge on any atom is 0.362 e. The summed E-state index contributed by atoms with van der Waals surface area (Å²) in [6, 6.07) is -0.620. The molecule has 334 valence electrons. The Morgan fingerprint density at radius 1 is 0.534 bits per heavy atom. The normalized spacial score (nSPS) is 13.5. The van der Waals surface area contributed by atoms with Crippen molar-refractivity contribution in [2.75, 3.05) is 41.0 Å². The first-order valence-electron chi connectivity index (χ1n) is 23.3. The van der Waals surface area contributed by atoms with E-state index in [1.54, 1.807) is 0 Å². The summed E-state index contributed by atoms with van der Waals surface area (Å²) in [5.41, 5.74) is 0. The van der Waals surface area contributed by atoms with Crippen molar-refractivity contribution in [2.24, 2.45) is 0 Å². The van der Waals surface area contributed by atoms with Crippen molar-refractivity contribution in [3.63, 3.8) is 0 Å². The molecular weight excluding hydrogens is 727 g/mol. The zero-order valence-corrected chi connectivity index (χ0v) is 38.0. The molecule has 2 atom stereocenters. The number of hydrogen-bond acceptors (Lipinski definition) is 6. The van der Waals surface area contributed by atoms with E-state index >= 15 is 0 Å². The lowest BCUT2D eigenvalue weighted by molar-refractivity contribution is -0.887. The van der Waals surface area contributed by atoms with Gasteiger partial charge in [-0.3, -0.25) is 9.59 Å². The minimum absolute atomic E-state index is 0.0502. The number of allylic oxidation sites excluding steroid dienone is 10. The summed E-state index contributed by atoms with van der Waals surface area (Å²) in [5, 5.41) is 9.63. The highest BCUT2D eigenvalue weighted by Gasteiger charge is 2.31. The van der Waals surface area contributed by atoms with Crippen molar-refractivity contribution in [3.8, 4) is 0 Å². The molecule has 2 unspecified atom stereocenters. The maximum absolute atomic E-state index is 12.7. The molecule has 0 aliphatic carbocycles. The van der Waals surface area contributed by atoms with Crippen molar-refractivity contribution < 1.29 is 38.2 Å². The van der Waals surface area contributed by atoms with Gasteiger partial charge in [0, 0.05) is 19.3 Å². The lowest BCUT2D eigenvalue weighted by atomic mass is 10.0. The molecule has 8 heteroatoms. The molecule has 8 nitrogen and oxygen atoms in total. The Morgan fingerprint density at radius 2 is 0.966 bits per heavy atom. The second-order valence-corrected chi connectivity index (χ2v) is 16.6. The van der Waals surface area contributed by atoms with Crippen LogP contribution in [0.2, 0.25) is 0 Å². The first-order chi connectivity index (χ1) is 28.1. The third-order valence-electron chi connectivity index (χ3n) is 10.2. The highest BCUT2D eigenvalue weighted by Crippen LogP contribution is 2.15. The molecule has 0 aromatic carbocycles. The Balaban J connectivity index is 4.37. The summed E-state index contributed by atoms with van der Waals surface area (Å²) in [5.74, 6) is -1.50. The number of aliphatic carboxylic acids is 1. The van der Waals surface area contributed by atoms with Crippen LogP contribution in [-0.2, 0) is 28.6 Å². The minimum atomic E-state index is -0.880. The van der Waals surface area contributed by atoms with Crippen molar-refractivity contribution in [1.29, 1.82) is 0 Å². The van der Waals surface area contributed by atoms with E-state index in [1.807, 2.05) is 21.1 Å². The van der Waals surface area contributed by atoms with E-state index in [2.05, 4.69) is 74.6 Å². The molecule has 0 aliphatic rings. The van der Waals surface area contributed by atoms with Crippen LogP contribution in [-0.4, -0.2) is 80.6 Å². The number of carbonyl (C=O) groups is 3. The molecule has 0 amide bonds. The van der Waals surface area contributed by atoms with Crippen LogP contribution >= 0.6 is 0 Å². The summed E-state index contributed by atoms with van der Waals surface area (Å²) >= 11 is 0. The van der Waals surface area contributed by atoms with Crippen LogP contribution in [0.3, 0.4) is 0 Å². The summed E-state index contributed by atoms with van der Waals surface area (Å²) in [6.45, 7) is 4.60. The van der Waals surface area contributed by atoms with Crippen LogP contribution in [0.5, 0.6) is 0 Å². The van der Waals surface area contributed by atoms with Gasteiger partial charge in [-0.25, -0.2) is 4.79 Å². The van der Waals surface area contributed by atoms with E-state index < -0.39 is 18.1 Å². The predicted molar refractivity (Wildman–Crippen MR) is 243 cm³/mol. The van der Waals surface area contributed by atoms with Gasteiger partial charge in [0.2, 0.25) is 0 Å². The molecule has 0 bridgehead atoms. The van der Waals surface area contributed by atoms with Crippen LogP contribution in [0.25, 0.3) is 0 Å². The van der Waals surface area contributed by atoms with Gasteiger partial charge in [-0.1, -0.05) is 171 Å². The number of carboxylic acid groups (broad SMARTS) is 1. The zero-order valence-electron chi connectivity index (χ0n) is 38.0. The molecule has 0 heterocycles. The number of unbranched alkanes of at least 4 members (excludes halogenated alkanes) is 17. The second-order valence-electron chi connectivity index (χ2n) is 16.6. The van der Waals surface area contributed by atoms with Crippen LogP contribution in [0.15, 0.2) is 60.8 Å². The topological polar surface area (TPSA) is 99.1 Å². The summed E-state index contributed by atoms with van der Waals surface area (Å²) in [6.07, 6.45) is 49.7. The Bertz CT molecular complexity index is 1130.